The molecule has 0 saturated carbocycles. The van der Waals surface area contributed by atoms with Gasteiger partial charge in [0.1, 0.15) is 5.92 Å². The van der Waals surface area contributed by atoms with Crippen LogP contribution >= 0.6 is 0 Å². The van der Waals surface area contributed by atoms with E-state index < -0.39 is 22.2 Å². The first-order valence-electron chi connectivity index (χ1n) is 11.0. The molecule has 8 heteroatoms. The van der Waals surface area contributed by atoms with Gasteiger partial charge < -0.3 is 10.1 Å². The Morgan fingerprint density at radius 1 is 1.00 bits per heavy atom. The first-order valence-corrected chi connectivity index (χ1v) is 11.0. The van der Waals surface area contributed by atoms with Crippen molar-refractivity contribution in [1.82, 2.24) is 10.2 Å². The summed E-state index contributed by atoms with van der Waals surface area (Å²) in [5.41, 5.74) is -0.145. The molecule has 1 fully saturated rings. The molecule has 0 radical (unpaired) electrons. The molecule has 2 atom stereocenters. The van der Waals surface area contributed by atoms with Crippen LogP contribution in [0.25, 0.3) is 0 Å². The average Bonchev–Trinajstić information content (AvgIpc) is 3.16. The van der Waals surface area contributed by atoms with E-state index in [0.717, 1.165) is 13.1 Å². The highest BCUT2D eigenvalue weighted by Crippen LogP contribution is 2.59. The molecule has 0 amide bonds. The third kappa shape index (κ3) is 4.19. The molecule has 2 aromatic carbocycles. The lowest BCUT2D eigenvalue weighted by Crippen LogP contribution is -2.40. The van der Waals surface area contributed by atoms with Gasteiger partial charge in [-0.1, -0.05) is 60.7 Å². The fourth-order valence-electron chi connectivity index (χ4n) is 4.91. The van der Waals surface area contributed by atoms with Crippen molar-refractivity contribution in [3.63, 3.8) is 0 Å². The van der Waals surface area contributed by atoms with Crippen LogP contribution in [-0.4, -0.2) is 49.2 Å². The number of nitriles is 2. The molecular weight excluding hydrogens is 418 g/mol. The van der Waals surface area contributed by atoms with Crippen LogP contribution in [-0.2, 0) is 4.74 Å². The topological polar surface area (TPSA) is 115 Å². The first-order chi connectivity index (χ1) is 16.1. The molecule has 1 aliphatic heterocycles. The number of morpholine rings is 1. The average molecular weight is 444 g/mol. The Morgan fingerprint density at radius 3 is 2.06 bits per heavy atom. The highest BCUT2D eigenvalue weighted by atomic mass is 16.6. The van der Waals surface area contributed by atoms with E-state index in [2.05, 4.69) is 22.4 Å². The van der Waals surface area contributed by atoms with Gasteiger partial charge in [0.15, 0.2) is 5.41 Å². The Kier molecular flexibility index (Phi) is 6.69. The number of nitro groups is 1. The summed E-state index contributed by atoms with van der Waals surface area (Å²) in [5, 5.41) is 36.4. The van der Waals surface area contributed by atoms with Gasteiger partial charge in [-0.3, -0.25) is 15.0 Å². The fraction of sp³-hybridized carbons (Fsp3) is 0.360. The first kappa shape index (κ1) is 22.5. The zero-order valence-corrected chi connectivity index (χ0v) is 18.2. The third-order valence-corrected chi connectivity index (χ3v) is 6.43. The molecule has 2 aromatic rings. The standard InChI is InChI=1S/C25H25N5O3/c26-17-25(18-27)21(19-7-3-1-4-8-19)23(28-11-12-29-13-15-33-16-14-29)24(30(31)32)22(25)20-9-5-2-6-10-20/h1-10,21-22,28H,11-16H2/t21-,22-/m0/s1. The van der Waals surface area contributed by atoms with Crippen molar-refractivity contribution in [2.24, 2.45) is 5.41 Å². The van der Waals surface area contributed by atoms with E-state index in [4.69, 9.17) is 4.74 Å². The van der Waals surface area contributed by atoms with Crippen LogP contribution in [0.4, 0.5) is 0 Å². The lowest BCUT2D eigenvalue weighted by atomic mass is 9.67. The second kappa shape index (κ2) is 9.83. The molecule has 0 unspecified atom stereocenters. The SMILES string of the molecule is N#CC1(C#N)[C@@H](c2ccccc2)C(NCCN2CCOCC2)=C([N+](=O)[O-])[C@@H]1c1ccccc1. The molecule has 4 rings (SSSR count). The minimum Gasteiger partial charge on any atom is -0.381 e. The van der Waals surface area contributed by atoms with Gasteiger partial charge in [0, 0.05) is 26.2 Å². The van der Waals surface area contributed by atoms with Crippen molar-refractivity contribution < 1.29 is 9.66 Å². The van der Waals surface area contributed by atoms with Gasteiger partial charge in [0.05, 0.1) is 41.9 Å². The zero-order valence-electron chi connectivity index (χ0n) is 18.2. The van der Waals surface area contributed by atoms with Crippen molar-refractivity contribution in [3.8, 4) is 12.1 Å². The molecular formula is C25H25N5O3. The van der Waals surface area contributed by atoms with Crippen LogP contribution in [0.5, 0.6) is 0 Å². The van der Waals surface area contributed by atoms with Crippen LogP contribution in [0, 0.1) is 38.2 Å². The van der Waals surface area contributed by atoms with E-state index in [1.807, 2.05) is 36.4 Å². The quantitative estimate of drug-likeness (QED) is 0.517. The van der Waals surface area contributed by atoms with E-state index in [1.54, 1.807) is 24.3 Å². The molecule has 1 N–H and O–H groups in total. The van der Waals surface area contributed by atoms with E-state index in [0.29, 0.717) is 43.1 Å². The minimum absolute atomic E-state index is 0.111. The van der Waals surface area contributed by atoms with Crippen LogP contribution in [0.15, 0.2) is 72.1 Å². The molecule has 2 aliphatic rings. The second-order valence-electron chi connectivity index (χ2n) is 8.22. The van der Waals surface area contributed by atoms with Gasteiger partial charge in [0.25, 0.3) is 5.70 Å². The van der Waals surface area contributed by atoms with Crippen LogP contribution in [0.1, 0.15) is 23.0 Å². The van der Waals surface area contributed by atoms with Gasteiger partial charge in [-0.05, 0) is 11.1 Å². The Morgan fingerprint density at radius 2 is 1.55 bits per heavy atom. The molecule has 1 saturated heterocycles. The Bertz CT molecular complexity index is 1080. The van der Waals surface area contributed by atoms with Crippen molar-refractivity contribution in [2.75, 3.05) is 39.4 Å². The Labute approximate surface area is 192 Å². The lowest BCUT2D eigenvalue weighted by molar-refractivity contribution is -0.431. The Hall–Kier alpha value is -3.72. The maximum atomic E-state index is 12.4. The van der Waals surface area contributed by atoms with E-state index in [1.165, 1.54) is 0 Å². The number of benzene rings is 2. The van der Waals surface area contributed by atoms with Gasteiger partial charge >= 0.3 is 0 Å². The zero-order chi connectivity index (χ0) is 23.3. The molecule has 0 bridgehead atoms. The largest absolute Gasteiger partial charge is 0.381 e. The van der Waals surface area contributed by atoms with Crippen LogP contribution < -0.4 is 5.32 Å². The predicted molar refractivity (Wildman–Crippen MR) is 121 cm³/mol. The fourth-order valence-corrected chi connectivity index (χ4v) is 4.91. The van der Waals surface area contributed by atoms with Gasteiger partial charge in [-0.15, -0.1) is 0 Å². The van der Waals surface area contributed by atoms with Crippen molar-refractivity contribution in [2.45, 2.75) is 11.8 Å². The summed E-state index contributed by atoms with van der Waals surface area (Å²) in [4.78, 5) is 14.2. The number of hydrogen-bond acceptors (Lipinski definition) is 7. The van der Waals surface area contributed by atoms with Crippen LogP contribution in [0.2, 0.25) is 0 Å². The number of ether oxygens (including phenoxy) is 1. The molecule has 0 spiro atoms. The number of nitrogens with one attached hydrogen (secondary N) is 1. The number of nitrogens with zero attached hydrogens (tertiary/aromatic N) is 4. The minimum atomic E-state index is -1.66. The summed E-state index contributed by atoms with van der Waals surface area (Å²) in [6.45, 7) is 4.08. The summed E-state index contributed by atoms with van der Waals surface area (Å²) >= 11 is 0. The summed E-state index contributed by atoms with van der Waals surface area (Å²) in [6, 6.07) is 22.4. The highest BCUT2D eigenvalue weighted by Gasteiger charge is 2.62. The Balaban J connectivity index is 1.81. The third-order valence-electron chi connectivity index (χ3n) is 6.43. The van der Waals surface area contributed by atoms with Crippen molar-refractivity contribution >= 4 is 0 Å². The number of allylic oxidation sites excluding steroid dienone is 2. The maximum absolute atomic E-state index is 12.4. The lowest BCUT2D eigenvalue weighted by Gasteiger charge is -2.29. The summed E-state index contributed by atoms with van der Waals surface area (Å²) in [5.74, 6) is -1.76. The number of hydrogen-bond donors (Lipinski definition) is 1. The van der Waals surface area contributed by atoms with E-state index in [-0.39, 0.29) is 5.70 Å². The van der Waals surface area contributed by atoms with Crippen LogP contribution in [0.3, 0.4) is 0 Å². The second-order valence-corrected chi connectivity index (χ2v) is 8.22. The van der Waals surface area contributed by atoms with Crippen molar-refractivity contribution in [3.05, 3.63) is 93.3 Å². The molecule has 168 valence electrons. The molecule has 8 nitrogen and oxygen atoms in total. The van der Waals surface area contributed by atoms with E-state index >= 15 is 0 Å². The summed E-state index contributed by atoms with van der Waals surface area (Å²) in [6.07, 6.45) is 0. The molecule has 0 aromatic heterocycles. The van der Waals surface area contributed by atoms with Gasteiger partial charge in [-0.25, -0.2) is 0 Å². The van der Waals surface area contributed by atoms with Gasteiger partial charge in [-0.2, -0.15) is 10.5 Å². The molecule has 1 aliphatic carbocycles. The van der Waals surface area contributed by atoms with Crippen molar-refractivity contribution in [1.29, 1.82) is 10.5 Å². The van der Waals surface area contributed by atoms with Gasteiger partial charge in [0.2, 0.25) is 0 Å². The normalized spacial score (nSPS) is 22.4. The maximum Gasteiger partial charge on any atom is 0.275 e. The number of rotatable bonds is 7. The summed E-state index contributed by atoms with van der Waals surface area (Å²) < 4.78 is 5.39. The molecule has 1 heterocycles. The summed E-state index contributed by atoms with van der Waals surface area (Å²) in [7, 11) is 0. The highest BCUT2D eigenvalue weighted by molar-refractivity contribution is 5.53. The predicted octanol–water partition coefficient (Wildman–Crippen LogP) is 3.01. The molecule has 33 heavy (non-hydrogen) atoms. The van der Waals surface area contributed by atoms with E-state index in [9.17, 15) is 20.6 Å². The smallest absolute Gasteiger partial charge is 0.275 e. The monoisotopic (exact) mass is 443 g/mol.